The highest BCUT2D eigenvalue weighted by Gasteiger charge is 2.21. The molecule has 1 heterocycles. The topological polar surface area (TPSA) is 23.6 Å². The SMILES string of the molecule is CCS[C@H](C)C(=O)N(CCN(C)C)Cc1ccc(C)s1. The summed E-state index contributed by atoms with van der Waals surface area (Å²) in [5.74, 6) is 1.23. The molecule has 0 aliphatic rings. The summed E-state index contributed by atoms with van der Waals surface area (Å²) in [5, 5.41) is 0.0446. The first kappa shape index (κ1) is 17.5. The van der Waals surface area contributed by atoms with E-state index in [0.29, 0.717) is 0 Å². The van der Waals surface area contributed by atoms with E-state index >= 15 is 0 Å². The molecule has 0 aromatic carbocycles. The number of hydrogen-bond acceptors (Lipinski definition) is 4. The van der Waals surface area contributed by atoms with Crippen molar-refractivity contribution in [1.29, 1.82) is 0 Å². The number of hydrogen-bond donors (Lipinski definition) is 0. The highest BCUT2D eigenvalue weighted by molar-refractivity contribution is 8.00. The Hall–Kier alpha value is -0.520. The minimum Gasteiger partial charge on any atom is -0.335 e. The maximum atomic E-state index is 12.5. The maximum absolute atomic E-state index is 12.5. The fraction of sp³-hybridized carbons (Fsp3) is 0.667. The Morgan fingerprint density at radius 3 is 2.55 bits per heavy atom. The molecule has 0 saturated heterocycles. The fourth-order valence-electron chi connectivity index (χ4n) is 1.92. The Bertz CT molecular complexity index is 418. The van der Waals surface area contributed by atoms with Crippen LogP contribution < -0.4 is 0 Å². The molecule has 1 aromatic rings. The van der Waals surface area contributed by atoms with Gasteiger partial charge in [0.25, 0.3) is 0 Å². The van der Waals surface area contributed by atoms with Crippen LogP contribution in [0.4, 0.5) is 0 Å². The fourth-order valence-corrected chi connectivity index (χ4v) is 3.62. The summed E-state index contributed by atoms with van der Waals surface area (Å²) in [6, 6.07) is 4.26. The summed E-state index contributed by atoms with van der Waals surface area (Å²) in [7, 11) is 4.09. The van der Waals surface area contributed by atoms with E-state index in [2.05, 4.69) is 30.9 Å². The van der Waals surface area contributed by atoms with E-state index in [-0.39, 0.29) is 11.2 Å². The Kier molecular flexibility index (Phi) is 7.62. The molecular weight excluding hydrogens is 288 g/mol. The number of thioether (sulfide) groups is 1. The van der Waals surface area contributed by atoms with Crippen LogP contribution in [0.5, 0.6) is 0 Å². The van der Waals surface area contributed by atoms with Crippen LogP contribution in [0.2, 0.25) is 0 Å². The molecule has 0 unspecified atom stereocenters. The predicted molar refractivity (Wildman–Crippen MR) is 90.6 cm³/mol. The molecule has 0 aliphatic heterocycles. The van der Waals surface area contributed by atoms with Crippen molar-refractivity contribution in [3.63, 3.8) is 0 Å². The number of thiophene rings is 1. The van der Waals surface area contributed by atoms with Gasteiger partial charge in [-0.25, -0.2) is 0 Å². The Balaban J connectivity index is 2.70. The average Bonchev–Trinajstić information content (AvgIpc) is 2.79. The van der Waals surface area contributed by atoms with E-state index in [4.69, 9.17) is 0 Å². The molecule has 1 atom stereocenters. The molecule has 0 N–H and O–H groups in total. The summed E-state index contributed by atoms with van der Waals surface area (Å²) in [5.41, 5.74) is 0. The van der Waals surface area contributed by atoms with Gasteiger partial charge in [0.05, 0.1) is 11.8 Å². The summed E-state index contributed by atoms with van der Waals surface area (Å²) in [6.07, 6.45) is 0. The number of likely N-dealkylation sites (N-methyl/N-ethyl adjacent to an activating group) is 1. The van der Waals surface area contributed by atoms with Crippen molar-refractivity contribution in [2.75, 3.05) is 32.9 Å². The van der Waals surface area contributed by atoms with E-state index in [1.807, 2.05) is 25.9 Å². The van der Waals surface area contributed by atoms with Crippen LogP contribution in [-0.4, -0.2) is 53.9 Å². The molecule has 5 heteroatoms. The maximum Gasteiger partial charge on any atom is 0.235 e. The zero-order valence-corrected chi connectivity index (χ0v) is 14.8. The molecule has 0 fully saturated rings. The van der Waals surface area contributed by atoms with Crippen molar-refractivity contribution >= 4 is 29.0 Å². The minimum atomic E-state index is 0.0446. The Labute approximate surface area is 131 Å². The number of aryl methyl sites for hydroxylation is 1. The molecule has 20 heavy (non-hydrogen) atoms. The second kappa shape index (κ2) is 8.70. The number of amides is 1. The number of carbonyl (C=O) groups excluding carboxylic acids is 1. The molecular formula is C15H26N2OS2. The van der Waals surface area contributed by atoms with Crippen LogP contribution in [0.3, 0.4) is 0 Å². The minimum absolute atomic E-state index is 0.0446. The third-order valence-corrected chi connectivity index (χ3v) is 5.06. The van der Waals surface area contributed by atoms with E-state index in [0.717, 1.165) is 25.4 Å². The van der Waals surface area contributed by atoms with Gasteiger partial charge in [0.2, 0.25) is 5.91 Å². The molecule has 0 aliphatic carbocycles. The van der Waals surface area contributed by atoms with Gasteiger partial charge in [0.1, 0.15) is 0 Å². The standard InChI is InChI=1S/C15H26N2OS2/c1-6-19-13(3)15(18)17(10-9-16(4)5)11-14-8-7-12(2)20-14/h7-8,13H,6,9-11H2,1-5H3/t13-/m1/s1. The largest absolute Gasteiger partial charge is 0.335 e. The van der Waals surface area contributed by atoms with Crippen LogP contribution in [-0.2, 0) is 11.3 Å². The van der Waals surface area contributed by atoms with Gasteiger partial charge >= 0.3 is 0 Å². The van der Waals surface area contributed by atoms with Gasteiger partial charge < -0.3 is 9.80 Å². The van der Waals surface area contributed by atoms with Gasteiger partial charge in [0.15, 0.2) is 0 Å². The van der Waals surface area contributed by atoms with Crippen LogP contribution in [0, 0.1) is 6.92 Å². The monoisotopic (exact) mass is 314 g/mol. The molecule has 1 rings (SSSR count). The van der Waals surface area contributed by atoms with Crippen LogP contribution in [0.25, 0.3) is 0 Å². The first-order chi connectivity index (χ1) is 9.43. The molecule has 3 nitrogen and oxygen atoms in total. The van der Waals surface area contributed by atoms with Gasteiger partial charge in [-0.15, -0.1) is 23.1 Å². The zero-order valence-electron chi connectivity index (χ0n) is 13.2. The quantitative estimate of drug-likeness (QED) is 0.737. The van der Waals surface area contributed by atoms with Crippen molar-refractivity contribution in [3.8, 4) is 0 Å². The van der Waals surface area contributed by atoms with Gasteiger partial charge in [-0.05, 0) is 45.8 Å². The highest BCUT2D eigenvalue weighted by atomic mass is 32.2. The Morgan fingerprint density at radius 1 is 1.35 bits per heavy atom. The lowest BCUT2D eigenvalue weighted by atomic mass is 10.3. The molecule has 0 spiro atoms. The Morgan fingerprint density at radius 2 is 2.05 bits per heavy atom. The van der Waals surface area contributed by atoms with Crippen molar-refractivity contribution in [2.24, 2.45) is 0 Å². The number of nitrogens with zero attached hydrogens (tertiary/aromatic N) is 2. The normalized spacial score (nSPS) is 12.7. The second-order valence-corrected chi connectivity index (χ2v) is 8.16. The van der Waals surface area contributed by atoms with Crippen molar-refractivity contribution in [3.05, 3.63) is 21.9 Å². The third kappa shape index (κ3) is 5.85. The molecule has 0 saturated carbocycles. The number of carbonyl (C=O) groups is 1. The third-order valence-electron chi connectivity index (χ3n) is 3.04. The van der Waals surface area contributed by atoms with Crippen molar-refractivity contribution < 1.29 is 4.79 Å². The lowest BCUT2D eigenvalue weighted by molar-refractivity contribution is -0.131. The summed E-state index contributed by atoms with van der Waals surface area (Å²) < 4.78 is 0. The van der Waals surface area contributed by atoms with E-state index in [1.54, 1.807) is 23.1 Å². The first-order valence-corrected chi connectivity index (χ1v) is 8.91. The van der Waals surface area contributed by atoms with Gasteiger partial charge in [-0.3, -0.25) is 4.79 Å². The number of rotatable bonds is 8. The van der Waals surface area contributed by atoms with E-state index in [1.165, 1.54) is 9.75 Å². The highest BCUT2D eigenvalue weighted by Crippen LogP contribution is 2.19. The van der Waals surface area contributed by atoms with Crippen molar-refractivity contribution in [2.45, 2.75) is 32.6 Å². The average molecular weight is 315 g/mol. The second-order valence-electron chi connectivity index (χ2n) is 5.17. The van der Waals surface area contributed by atoms with Crippen LogP contribution in [0.1, 0.15) is 23.6 Å². The lowest BCUT2D eigenvalue weighted by Gasteiger charge is -2.26. The van der Waals surface area contributed by atoms with Gasteiger partial charge in [-0.2, -0.15) is 0 Å². The molecule has 1 amide bonds. The van der Waals surface area contributed by atoms with Crippen molar-refractivity contribution in [1.82, 2.24) is 9.80 Å². The van der Waals surface area contributed by atoms with E-state index in [9.17, 15) is 4.79 Å². The molecule has 1 aromatic heterocycles. The van der Waals surface area contributed by atoms with E-state index < -0.39 is 0 Å². The summed E-state index contributed by atoms with van der Waals surface area (Å²) in [6.45, 7) is 8.65. The predicted octanol–water partition coefficient (Wildman–Crippen LogP) is 3.09. The molecule has 0 bridgehead atoms. The smallest absolute Gasteiger partial charge is 0.235 e. The van der Waals surface area contributed by atoms with Crippen LogP contribution in [0.15, 0.2) is 12.1 Å². The summed E-state index contributed by atoms with van der Waals surface area (Å²) >= 11 is 3.49. The molecule has 0 radical (unpaired) electrons. The van der Waals surface area contributed by atoms with Gasteiger partial charge in [-0.1, -0.05) is 6.92 Å². The zero-order chi connectivity index (χ0) is 15.1. The van der Waals surface area contributed by atoms with Gasteiger partial charge in [0, 0.05) is 22.8 Å². The first-order valence-electron chi connectivity index (χ1n) is 7.04. The summed E-state index contributed by atoms with van der Waals surface area (Å²) in [4.78, 5) is 19.2. The lowest BCUT2D eigenvalue weighted by Crippen LogP contribution is -2.40. The molecule has 114 valence electrons. The van der Waals surface area contributed by atoms with Crippen LogP contribution >= 0.6 is 23.1 Å².